The van der Waals surface area contributed by atoms with E-state index >= 15 is 0 Å². The van der Waals surface area contributed by atoms with E-state index in [1.54, 1.807) is 66.7 Å². The van der Waals surface area contributed by atoms with Gasteiger partial charge in [0.25, 0.3) is 5.78 Å². The third-order valence-corrected chi connectivity index (χ3v) is 8.84. The Bertz CT molecular complexity index is 1740. The van der Waals surface area contributed by atoms with E-state index in [2.05, 4.69) is 16.8 Å². The number of carbonyl (C=O) groups is 2. The number of rotatable bonds is 13. The van der Waals surface area contributed by atoms with E-state index in [9.17, 15) is 19.1 Å². The molecular formula is C33H30FN3O6S2. The third-order valence-electron chi connectivity index (χ3n) is 6.73. The molecule has 1 amide bonds. The molecule has 3 aromatic carbocycles. The summed E-state index contributed by atoms with van der Waals surface area (Å²) >= 11 is 2.35. The van der Waals surface area contributed by atoms with Crippen LogP contribution in [-0.4, -0.2) is 46.8 Å². The maximum atomic E-state index is 14.2. The number of nitrogens with zero attached hydrogens (tertiary/aromatic N) is 3. The molecule has 4 aromatic rings. The number of hydrogen-bond acceptors (Lipinski definition) is 10. The van der Waals surface area contributed by atoms with Gasteiger partial charge in [-0.25, -0.2) is 4.39 Å². The maximum absolute atomic E-state index is 14.2. The molecule has 12 heteroatoms. The van der Waals surface area contributed by atoms with Crippen molar-refractivity contribution in [3.63, 3.8) is 0 Å². The lowest BCUT2D eigenvalue weighted by Crippen LogP contribution is -2.29. The van der Waals surface area contributed by atoms with Crippen LogP contribution in [0, 0.1) is 5.82 Å². The maximum Gasteiger partial charge on any atom is 0.301 e. The van der Waals surface area contributed by atoms with Gasteiger partial charge in [-0.1, -0.05) is 60.0 Å². The topological polar surface area (TPSA) is 111 Å². The fourth-order valence-corrected chi connectivity index (χ4v) is 6.57. The smallest absolute Gasteiger partial charge is 0.301 e. The van der Waals surface area contributed by atoms with E-state index in [0.29, 0.717) is 57.2 Å². The van der Waals surface area contributed by atoms with Gasteiger partial charge >= 0.3 is 5.91 Å². The van der Waals surface area contributed by atoms with Gasteiger partial charge in [-0.2, -0.15) is 0 Å². The van der Waals surface area contributed by atoms with Gasteiger partial charge in [-0.05, 0) is 67.4 Å². The average Bonchev–Trinajstić information content (AvgIpc) is 3.62. The quantitative estimate of drug-likeness (QED) is 0.0411. The summed E-state index contributed by atoms with van der Waals surface area (Å²) in [5.41, 5.74) is 1.18. The zero-order chi connectivity index (χ0) is 31.9. The number of carbonyl (C=O) groups excluding carboxylic acids is 2. The first kappa shape index (κ1) is 31.7. The van der Waals surface area contributed by atoms with E-state index in [4.69, 9.17) is 14.2 Å². The minimum Gasteiger partial charge on any atom is -0.507 e. The number of hydrogen-bond donors (Lipinski definition) is 1. The molecule has 0 spiro atoms. The highest BCUT2D eigenvalue weighted by atomic mass is 32.2. The number of aliphatic hydroxyl groups is 1. The van der Waals surface area contributed by atoms with Crippen LogP contribution in [0.3, 0.4) is 0 Å². The molecule has 1 aliphatic heterocycles. The largest absolute Gasteiger partial charge is 0.507 e. The van der Waals surface area contributed by atoms with E-state index in [-0.39, 0.29) is 28.9 Å². The molecule has 1 aromatic heterocycles. The van der Waals surface area contributed by atoms with Crippen LogP contribution >= 0.6 is 23.1 Å². The van der Waals surface area contributed by atoms with E-state index in [0.717, 1.165) is 11.3 Å². The Labute approximate surface area is 268 Å². The zero-order valence-electron chi connectivity index (χ0n) is 24.6. The second-order valence-corrected chi connectivity index (χ2v) is 11.8. The second-order valence-electron chi connectivity index (χ2n) is 9.60. The Hall–Kier alpha value is -4.68. The summed E-state index contributed by atoms with van der Waals surface area (Å²) < 4.78 is 31.7. The number of benzene rings is 3. The molecule has 5 rings (SSSR count). The highest BCUT2D eigenvalue weighted by molar-refractivity contribution is 8.00. The predicted octanol–water partition coefficient (Wildman–Crippen LogP) is 6.96. The third kappa shape index (κ3) is 6.86. The van der Waals surface area contributed by atoms with Crippen LogP contribution < -0.4 is 19.1 Å². The first-order valence-electron chi connectivity index (χ1n) is 14.1. The molecule has 1 atom stereocenters. The number of ketones is 1. The summed E-state index contributed by atoms with van der Waals surface area (Å²) in [6.07, 6.45) is 1.60. The molecule has 1 saturated heterocycles. The molecule has 0 saturated carbocycles. The Morgan fingerprint density at radius 3 is 2.49 bits per heavy atom. The molecule has 45 heavy (non-hydrogen) atoms. The van der Waals surface area contributed by atoms with Crippen LogP contribution in [0.5, 0.6) is 17.2 Å². The van der Waals surface area contributed by atoms with Crippen molar-refractivity contribution >= 4 is 45.7 Å². The molecule has 9 nitrogen and oxygen atoms in total. The standard InChI is InChI=1S/C33H30FN3O6S2/c1-4-17-43-25-16-13-21(18-26(25)42-6-3)28-27(29(38)20-11-14-23(15-12-20)41-5-2)30(39)31(40)37(28)32-35-36-33(45-32)44-19-22-9-7-8-10-24(22)34/h4,7-16,18,28,38H,1,5-6,17,19H2,2-3H3. The fraction of sp³-hybridized carbons (Fsp3) is 0.212. The minimum atomic E-state index is -1.07. The van der Waals surface area contributed by atoms with Crippen LogP contribution in [-0.2, 0) is 15.3 Å². The highest BCUT2D eigenvalue weighted by Gasteiger charge is 2.48. The molecule has 1 fully saturated rings. The van der Waals surface area contributed by atoms with Gasteiger partial charge in [0, 0.05) is 11.3 Å². The number of ether oxygens (including phenoxy) is 3. The Kier molecular flexibility index (Phi) is 10.2. The normalized spacial score (nSPS) is 15.7. The van der Waals surface area contributed by atoms with Crippen LogP contribution in [0.1, 0.15) is 36.6 Å². The zero-order valence-corrected chi connectivity index (χ0v) is 26.2. The number of aromatic nitrogens is 2. The molecule has 0 radical (unpaired) electrons. The molecule has 1 aliphatic rings. The fourth-order valence-electron chi connectivity index (χ4n) is 4.72. The Balaban J connectivity index is 1.58. The van der Waals surface area contributed by atoms with Gasteiger partial charge < -0.3 is 19.3 Å². The van der Waals surface area contributed by atoms with Crippen molar-refractivity contribution in [3.05, 3.63) is 107 Å². The van der Waals surface area contributed by atoms with Crippen molar-refractivity contribution in [2.75, 3.05) is 24.7 Å². The Morgan fingerprint density at radius 1 is 1.02 bits per heavy atom. The molecule has 232 valence electrons. The lowest BCUT2D eigenvalue weighted by molar-refractivity contribution is -0.132. The lowest BCUT2D eigenvalue weighted by Gasteiger charge is -2.23. The van der Waals surface area contributed by atoms with Gasteiger partial charge in [0.2, 0.25) is 5.13 Å². The molecule has 1 unspecified atom stereocenters. The number of thioether (sulfide) groups is 1. The van der Waals surface area contributed by atoms with Crippen LogP contribution in [0.15, 0.2) is 89.3 Å². The number of Topliss-reactive ketones (excluding diaryl/α,β-unsaturated/α-hetero) is 1. The van der Waals surface area contributed by atoms with Crippen molar-refractivity contribution in [2.24, 2.45) is 0 Å². The molecule has 0 aliphatic carbocycles. The highest BCUT2D eigenvalue weighted by Crippen LogP contribution is 2.45. The second kappa shape index (κ2) is 14.4. The van der Waals surface area contributed by atoms with Crippen LogP contribution in [0.4, 0.5) is 9.52 Å². The average molecular weight is 648 g/mol. The van der Waals surface area contributed by atoms with Crippen molar-refractivity contribution < 1.29 is 33.3 Å². The number of anilines is 1. The SMILES string of the molecule is C=CCOc1ccc(C2C(=C(O)c3ccc(OCC)cc3)C(=O)C(=O)N2c2nnc(SCc3ccccc3F)s2)cc1OCC. The van der Waals surface area contributed by atoms with Gasteiger partial charge in [0.15, 0.2) is 15.8 Å². The summed E-state index contributed by atoms with van der Waals surface area (Å²) in [6, 6.07) is 17.0. The van der Waals surface area contributed by atoms with Gasteiger partial charge in [-0.3, -0.25) is 14.5 Å². The number of aliphatic hydroxyl groups excluding tert-OH is 1. The monoisotopic (exact) mass is 647 g/mol. The summed E-state index contributed by atoms with van der Waals surface area (Å²) in [5, 5.41) is 20.1. The summed E-state index contributed by atoms with van der Waals surface area (Å²) in [5.74, 6) is -0.713. The van der Waals surface area contributed by atoms with Gasteiger partial charge in [0.05, 0.1) is 24.8 Å². The minimum absolute atomic E-state index is 0.123. The first-order chi connectivity index (χ1) is 21.9. The summed E-state index contributed by atoms with van der Waals surface area (Å²) in [7, 11) is 0. The molecular weight excluding hydrogens is 618 g/mol. The van der Waals surface area contributed by atoms with E-state index in [1.165, 1.54) is 22.7 Å². The van der Waals surface area contributed by atoms with Gasteiger partial charge in [-0.15, -0.1) is 10.2 Å². The van der Waals surface area contributed by atoms with E-state index in [1.807, 2.05) is 13.8 Å². The van der Waals surface area contributed by atoms with Crippen molar-refractivity contribution in [2.45, 2.75) is 30.0 Å². The lowest BCUT2D eigenvalue weighted by atomic mass is 9.95. The van der Waals surface area contributed by atoms with Gasteiger partial charge in [0.1, 0.15) is 23.9 Å². The summed E-state index contributed by atoms with van der Waals surface area (Å²) in [6.45, 7) is 8.40. The molecule has 1 N–H and O–H groups in total. The predicted molar refractivity (Wildman–Crippen MR) is 172 cm³/mol. The van der Waals surface area contributed by atoms with Crippen LogP contribution in [0.25, 0.3) is 5.76 Å². The molecule has 0 bridgehead atoms. The first-order valence-corrected chi connectivity index (χ1v) is 15.9. The van der Waals surface area contributed by atoms with Crippen molar-refractivity contribution in [3.8, 4) is 17.2 Å². The van der Waals surface area contributed by atoms with Crippen LogP contribution in [0.2, 0.25) is 0 Å². The Morgan fingerprint density at radius 2 is 1.78 bits per heavy atom. The van der Waals surface area contributed by atoms with Crippen molar-refractivity contribution in [1.82, 2.24) is 10.2 Å². The van der Waals surface area contributed by atoms with Crippen molar-refractivity contribution in [1.29, 1.82) is 0 Å². The van der Waals surface area contributed by atoms with E-state index < -0.39 is 17.7 Å². The molecule has 2 heterocycles. The summed E-state index contributed by atoms with van der Waals surface area (Å²) in [4.78, 5) is 28.5. The number of amides is 1. The number of halogens is 1.